The van der Waals surface area contributed by atoms with Crippen LogP contribution in [0, 0.1) is 0 Å². The van der Waals surface area contributed by atoms with E-state index in [0.717, 1.165) is 57.2 Å². The molecule has 16 nitrogen and oxygen atoms in total. The van der Waals surface area contributed by atoms with Crippen LogP contribution in [0.25, 0.3) is 0 Å². The van der Waals surface area contributed by atoms with Gasteiger partial charge in [-0.05, 0) is 43.5 Å². The van der Waals surface area contributed by atoms with Crippen LogP contribution in [0.5, 0.6) is 0 Å². The van der Waals surface area contributed by atoms with Crippen LogP contribution in [0.4, 0.5) is 0 Å². The van der Waals surface area contributed by atoms with Crippen LogP contribution >= 0.6 is 0 Å². The molecule has 0 atom stereocenters. The molecule has 2 rings (SSSR count). The molecular formula is C38H67N7O9. The molecule has 0 radical (unpaired) electrons. The molecule has 1 fully saturated rings. The fourth-order valence-electron chi connectivity index (χ4n) is 5.57. The number of carbonyl (C=O) groups is 6. The van der Waals surface area contributed by atoms with E-state index in [2.05, 4.69) is 34.7 Å². The second-order valence-electron chi connectivity index (χ2n) is 12.8. The molecule has 308 valence electrons. The van der Waals surface area contributed by atoms with Crippen LogP contribution in [0.1, 0.15) is 88.6 Å². The first kappa shape index (κ1) is 49.9. The van der Waals surface area contributed by atoms with E-state index in [4.69, 9.17) is 9.90 Å². The summed E-state index contributed by atoms with van der Waals surface area (Å²) in [5, 5.41) is 34.4. The molecule has 1 aliphatic rings. The van der Waals surface area contributed by atoms with Crippen molar-refractivity contribution in [3.05, 3.63) is 35.4 Å². The predicted octanol–water partition coefficient (Wildman–Crippen LogP) is 2.04. The Balaban J connectivity index is 0.00000533. The number of carbonyl (C=O) groups excluding carboxylic acids is 3. The lowest BCUT2D eigenvalue weighted by Gasteiger charge is -2.33. The van der Waals surface area contributed by atoms with Crippen molar-refractivity contribution in [1.29, 1.82) is 0 Å². The molecule has 0 unspecified atom stereocenters. The third kappa shape index (κ3) is 25.8. The zero-order valence-electron chi connectivity index (χ0n) is 33.0. The number of amides is 3. The van der Waals surface area contributed by atoms with Crippen molar-refractivity contribution in [3.8, 4) is 0 Å². The Morgan fingerprint density at radius 2 is 1.09 bits per heavy atom. The number of hydrogen-bond acceptors (Lipinski definition) is 10. The van der Waals surface area contributed by atoms with Crippen LogP contribution in [0.15, 0.2) is 24.3 Å². The van der Waals surface area contributed by atoms with E-state index >= 15 is 0 Å². The van der Waals surface area contributed by atoms with E-state index in [1.54, 1.807) is 17.0 Å². The number of unbranched alkanes of at least 4 members (excludes halogenated alkanes) is 4. The van der Waals surface area contributed by atoms with Crippen molar-refractivity contribution < 1.29 is 44.1 Å². The molecule has 54 heavy (non-hydrogen) atoms. The molecule has 1 aliphatic heterocycles. The number of benzene rings is 1. The minimum atomic E-state index is -0.951. The summed E-state index contributed by atoms with van der Waals surface area (Å²) in [7, 11) is 0. The van der Waals surface area contributed by atoms with Crippen molar-refractivity contribution in [3.63, 3.8) is 0 Å². The van der Waals surface area contributed by atoms with Gasteiger partial charge in [0.1, 0.15) is 0 Å². The summed E-state index contributed by atoms with van der Waals surface area (Å²) in [4.78, 5) is 76.5. The Morgan fingerprint density at radius 1 is 0.630 bits per heavy atom. The molecule has 1 heterocycles. The average molecular weight is 766 g/mol. The Hall–Kier alpha value is -4.12. The van der Waals surface area contributed by atoms with Crippen molar-refractivity contribution in [1.82, 2.24) is 35.6 Å². The molecule has 0 spiro atoms. The van der Waals surface area contributed by atoms with E-state index in [1.165, 1.54) is 0 Å². The normalized spacial score (nSPS) is 14.7. The number of carboxylic acid groups (broad SMARTS) is 3. The van der Waals surface area contributed by atoms with Gasteiger partial charge >= 0.3 is 11.9 Å². The van der Waals surface area contributed by atoms with E-state index < -0.39 is 11.9 Å². The Kier molecular flexibility index (Phi) is 29.9. The molecule has 1 saturated heterocycles. The molecule has 0 aliphatic carbocycles. The van der Waals surface area contributed by atoms with Crippen molar-refractivity contribution in [2.24, 2.45) is 0 Å². The fraction of sp³-hybridized carbons (Fsp3) is 0.684. The van der Waals surface area contributed by atoms with E-state index in [9.17, 15) is 34.2 Å². The average Bonchev–Trinajstić information content (AvgIpc) is 3.14. The maximum atomic E-state index is 13.0. The number of rotatable bonds is 20. The Bertz CT molecular complexity index is 1200. The lowest BCUT2D eigenvalue weighted by molar-refractivity contribution is -0.140. The number of nitrogens with zero attached hydrogens (tertiary/aromatic N) is 4. The Morgan fingerprint density at radius 3 is 1.57 bits per heavy atom. The largest absolute Gasteiger partial charge is 0.483 e. The smallest absolute Gasteiger partial charge is 0.317 e. The molecular weight excluding hydrogens is 698 g/mol. The van der Waals surface area contributed by atoms with Gasteiger partial charge in [0.05, 0.1) is 19.6 Å². The van der Waals surface area contributed by atoms with Crippen LogP contribution < -0.4 is 16.0 Å². The van der Waals surface area contributed by atoms with Crippen LogP contribution in [0.2, 0.25) is 0 Å². The van der Waals surface area contributed by atoms with Crippen molar-refractivity contribution in [2.45, 2.75) is 79.2 Å². The SMILES string of the molecule is CC.CCCCCNC(=O)CCCCCNC(=O)c1ccc(CNC(=O)CN2CCN(CC)CCN(CC(=O)O)CCN(CC(=O)O)CC2)cc1.O=CO. The summed E-state index contributed by atoms with van der Waals surface area (Å²) in [5.41, 5.74) is 1.40. The fourth-order valence-corrected chi connectivity index (χ4v) is 5.57. The van der Waals surface area contributed by atoms with Crippen LogP contribution in [-0.2, 0) is 30.5 Å². The zero-order chi connectivity index (χ0) is 40.6. The van der Waals surface area contributed by atoms with Gasteiger partial charge in [0.25, 0.3) is 12.4 Å². The van der Waals surface area contributed by atoms with Gasteiger partial charge in [0.2, 0.25) is 11.8 Å². The lowest BCUT2D eigenvalue weighted by atomic mass is 10.1. The monoisotopic (exact) mass is 766 g/mol. The van der Waals surface area contributed by atoms with Crippen molar-refractivity contribution in [2.75, 3.05) is 91.6 Å². The first-order chi connectivity index (χ1) is 26.0. The highest BCUT2D eigenvalue weighted by atomic mass is 16.4. The summed E-state index contributed by atoms with van der Waals surface area (Å²) in [6.07, 6.45) is 6.24. The number of likely N-dealkylation sites (N-methyl/N-ethyl adjacent to an activating group) is 1. The highest BCUT2D eigenvalue weighted by Gasteiger charge is 2.20. The second-order valence-corrected chi connectivity index (χ2v) is 12.8. The van der Waals surface area contributed by atoms with E-state index in [1.807, 2.05) is 35.8 Å². The molecule has 0 bridgehead atoms. The third-order valence-electron chi connectivity index (χ3n) is 8.64. The van der Waals surface area contributed by atoms with E-state index in [0.29, 0.717) is 77.4 Å². The number of nitrogens with one attached hydrogen (secondary N) is 3. The zero-order valence-corrected chi connectivity index (χ0v) is 33.0. The second kappa shape index (κ2) is 32.3. The van der Waals surface area contributed by atoms with Crippen LogP contribution in [-0.4, -0.2) is 163 Å². The molecule has 6 N–H and O–H groups in total. The predicted molar refractivity (Wildman–Crippen MR) is 208 cm³/mol. The molecule has 0 saturated carbocycles. The third-order valence-corrected chi connectivity index (χ3v) is 8.64. The summed E-state index contributed by atoms with van der Waals surface area (Å²) >= 11 is 0. The first-order valence-electron chi connectivity index (χ1n) is 19.3. The molecule has 1 aromatic carbocycles. The summed E-state index contributed by atoms with van der Waals surface area (Å²) in [5.74, 6) is -2.08. The topological polar surface area (TPSA) is 212 Å². The molecule has 3 amide bonds. The minimum absolute atomic E-state index is 0.0896. The number of hydrogen-bond donors (Lipinski definition) is 6. The Labute approximate surface area is 321 Å². The lowest BCUT2D eigenvalue weighted by Crippen LogP contribution is -2.49. The molecule has 0 aromatic heterocycles. The van der Waals surface area contributed by atoms with E-state index in [-0.39, 0.29) is 43.8 Å². The summed E-state index contributed by atoms with van der Waals surface area (Å²) in [6.45, 7) is 14.6. The van der Waals surface area contributed by atoms with Gasteiger partial charge in [-0.1, -0.05) is 59.1 Å². The number of aliphatic carboxylic acids is 2. The van der Waals surface area contributed by atoms with Crippen LogP contribution in [0.3, 0.4) is 0 Å². The number of carboxylic acids is 2. The quantitative estimate of drug-likeness (QED) is 0.0830. The molecule has 1 aromatic rings. The molecule has 16 heteroatoms. The standard InChI is InChI=1S/C35H59N7O7.C2H6.CH2O2/c1-3-5-8-15-36-31(43)10-7-6-9-16-37-35(49)30-13-11-29(12-14-30)25-38-32(44)26-40-19-17-39(4-2)18-20-41(27-33(45)46)23-24-42(22-21-40)28-34(47)48;1-2;2-1-3/h11-14H,3-10,15-28H2,1-2H3,(H,36,43)(H,37,49)(H,38,44)(H,45,46)(H,47,48);1-2H3;1H,(H,2,3). The van der Waals surface area contributed by atoms with Gasteiger partial charge in [-0.15, -0.1) is 0 Å². The highest BCUT2D eigenvalue weighted by Crippen LogP contribution is 2.06. The van der Waals surface area contributed by atoms with Crippen molar-refractivity contribution >= 4 is 36.1 Å². The van der Waals surface area contributed by atoms with Gasteiger partial charge in [-0.2, -0.15) is 0 Å². The van der Waals surface area contributed by atoms with Gasteiger partial charge in [0.15, 0.2) is 0 Å². The minimum Gasteiger partial charge on any atom is -0.483 e. The van der Waals surface area contributed by atoms with Gasteiger partial charge in [0, 0.05) is 84.0 Å². The van der Waals surface area contributed by atoms with Gasteiger partial charge in [-0.25, -0.2) is 0 Å². The van der Waals surface area contributed by atoms with Gasteiger partial charge < -0.3 is 36.2 Å². The highest BCUT2D eigenvalue weighted by molar-refractivity contribution is 5.94. The summed E-state index contributed by atoms with van der Waals surface area (Å²) in [6, 6.07) is 7.12. The maximum Gasteiger partial charge on any atom is 0.317 e. The maximum absolute atomic E-state index is 13.0. The first-order valence-corrected chi connectivity index (χ1v) is 19.3. The summed E-state index contributed by atoms with van der Waals surface area (Å²) < 4.78 is 0. The van der Waals surface area contributed by atoms with Gasteiger partial charge in [-0.3, -0.25) is 43.5 Å².